The van der Waals surface area contributed by atoms with Crippen molar-refractivity contribution < 1.29 is 24.2 Å². The molecule has 8 heteroatoms. The fourth-order valence-electron chi connectivity index (χ4n) is 5.16. The predicted molar refractivity (Wildman–Crippen MR) is 120 cm³/mol. The van der Waals surface area contributed by atoms with Gasteiger partial charge in [-0.05, 0) is 49.8 Å². The Morgan fingerprint density at radius 3 is 2.58 bits per heavy atom. The Morgan fingerprint density at radius 1 is 1.23 bits per heavy atom. The fourth-order valence-corrected chi connectivity index (χ4v) is 7.77. The summed E-state index contributed by atoms with van der Waals surface area (Å²) in [6.07, 6.45) is -0.0771. The van der Waals surface area contributed by atoms with Gasteiger partial charge in [0, 0.05) is 40.6 Å². The standard InChI is InChI=1S/C23H28N2O5Si/c1-14-20(31(2,3)29)19(11-12-26)30-23(14)17-13-16(9-10-18(17)25-22(23)28)24-21(27)15-7-5-4-6-8-15/h4-10,13-14,19-20,26,29H,11-12H2,1-3H3,(H,24,27)(H,25,28)/t14-,19+,20-,23+/m0/s1. The van der Waals surface area contributed by atoms with Gasteiger partial charge in [-0.15, -0.1) is 0 Å². The molecule has 0 unspecified atom stereocenters. The first kappa shape index (κ1) is 21.7. The third kappa shape index (κ3) is 3.59. The highest BCUT2D eigenvalue weighted by molar-refractivity contribution is 6.71. The number of fused-ring (bicyclic) bond motifs is 2. The summed E-state index contributed by atoms with van der Waals surface area (Å²) in [5.41, 5.74) is 0.893. The number of ether oxygens (including phenoxy) is 1. The van der Waals surface area contributed by atoms with Crippen molar-refractivity contribution in [1.29, 1.82) is 0 Å². The molecule has 2 amide bonds. The van der Waals surface area contributed by atoms with E-state index in [2.05, 4.69) is 10.6 Å². The Morgan fingerprint density at radius 2 is 1.94 bits per heavy atom. The molecular weight excluding hydrogens is 412 g/mol. The van der Waals surface area contributed by atoms with Gasteiger partial charge in [-0.1, -0.05) is 25.1 Å². The highest BCUT2D eigenvalue weighted by Crippen LogP contribution is 2.58. The average molecular weight is 441 g/mol. The minimum absolute atomic E-state index is 0.0872. The highest BCUT2D eigenvalue weighted by atomic mass is 28.4. The molecule has 0 radical (unpaired) electrons. The van der Waals surface area contributed by atoms with E-state index in [0.29, 0.717) is 28.9 Å². The molecule has 31 heavy (non-hydrogen) atoms. The van der Waals surface area contributed by atoms with Gasteiger partial charge < -0.3 is 25.3 Å². The number of carbonyl (C=O) groups excluding carboxylic acids is 2. The van der Waals surface area contributed by atoms with Gasteiger partial charge in [0.25, 0.3) is 11.8 Å². The largest absolute Gasteiger partial charge is 0.432 e. The van der Waals surface area contributed by atoms with Gasteiger partial charge in [-0.3, -0.25) is 9.59 Å². The molecule has 2 aliphatic heterocycles. The lowest BCUT2D eigenvalue weighted by atomic mass is 9.82. The van der Waals surface area contributed by atoms with E-state index < -0.39 is 20.0 Å². The lowest BCUT2D eigenvalue weighted by Gasteiger charge is -2.32. The summed E-state index contributed by atoms with van der Waals surface area (Å²) in [5.74, 6) is -0.811. The van der Waals surface area contributed by atoms with E-state index in [-0.39, 0.29) is 29.9 Å². The van der Waals surface area contributed by atoms with E-state index in [1.807, 2.05) is 26.1 Å². The second-order valence-corrected chi connectivity index (χ2v) is 12.9. The van der Waals surface area contributed by atoms with Crippen LogP contribution in [0.1, 0.15) is 29.3 Å². The van der Waals surface area contributed by atoms with Crippen LogP contribution < -0.4 is 10.6 Å². The zero-order valence-corrected chi connectivity index (χ0v) is 18.9. The van der Waals surface area contributed by atoms with Crippen LogP contribution in [0.4, 0.5) is 11.4 Å². The van der Waals surface area contributed by atoms with Crippen molar-refractivity contribution in [1.82, 2.24) is 0 Å². The molecule has 7 nitrogen and oxygen atoms in total. The van der Waals surface area contributed by atoms with Crippen molar-refractivity contribution >= 4 is 31.5 Å². The quantitative estimate of drug-likeness (QED) is 0.535. The topological polar surface area (TPSA) is 108 Å². The van der Waals surface area contributed by atoms with E-state index in [9.17, 15) is 19.5 Å². The molecule has 0 saturated carbocycles. The van der Waals surface area contributed by atoms with Crippen molar-refractivity contribution in [2.24, 2.45) is 5.92 Å². The molecule has 1 spiro atoms. The summed E-state index contributed by atoms with van der Waals surface area (Å²) >= 11 is 0. The van der Waals surface area contributed by atoms with Crippen LogP contribution in [0.5, 0.6) is 0 Å². The molecule has 0 aliphatic carbocycles. The molecule has 164 valence electrons. The third-order valence-corrected chi connectivity index (χ3v) is 8.95. The molecule has 0 aromatic heterocycles. The van der Waals surface area contributed by atoms with Crippen molar-refractivity contribution in [2.45, 2.75) is 43.7 Å². The molecule has 4 atom stereocenters. The van der Waals surface area contributed by atoms with Crippen LogP contribution in [0, 0.1) is 5.92 Å². The first-order valence-electron chi connectivity index (χ1n) is 10.5. The van der Waals surface area contributed by atoms with Crippen LogP contribution in [-0.4, -0.2) is 42.7 Å². The zero-order valence-electron chi connectivity index (χ0n) is 17.9. The lowest BCUT2D eigenvalue weighted by molar-refractivity contribution is -0.143. The van der Waals surface area contributed by atoms with Gasteiger partial charge in [0.2, 0.25) is 0 Å². The van der Waals surface area contributed by atoms with E-state index >= 15 is 0 Å². The van der Waals surface area contributed by atoms with Crippen molar-refractivity contribution in [3.63, 3.8) is 0 Å². The number of rotatable bonds is 5. The van der Waals surface area contributed by atoms with E-state index in [1.54, 1.807) is 42.5 Å². The molecular formula is C23H28N2O5Si. The Labute approximate surface area is 182 Å². The van der Waals surface area contributed by atoms with Crippen molar-refractivity contribution in [2.75, 3.05) is 17.2 Å². The van der Waals surface area contributed by atoms with Gasteiger partial charge in [0.1, 0.15) is 0 Å². The number of hydrogen-bond donors (Lipinski definition) is 4. The number of amides is 2. The van der Waals surface area contributed by atoms with Gasteiger partial charge in [-0.2, -0.15) is 0 Å². The van der Waals surface area contributed by atoms with Crippen LogP contribution in [0.15, 0.2) is 48.5 Å². The van der Waals surface area contributed by atoms with Crippen LogP contribution in [0.2, 0.25) is 18.6 Å². The Bertz CT molecular complexity index is 1010. The predicted octanol–water partition coefficient (Wildman–Crippen LogP) is 3.07. The van der Waals surface area contributed by atoms with Gasteiger partial charge >= 0.3 is 0 Å². The molecule has 4 rings (SSSR count). The summed E-state index contributed by atoms with van der Waals surface area (Å²) in [5, 5.41) is 15.3. The van der Waals surface area contributed by atoms with Gasteiger partial charge in [0.15, 0.2) is 13.9 Å². The number of benzene rings is 2. The van der Waals surface area contributed by atoms with E-state index in [0.717, 1.165) is 0 Å². The Kier molecular flexibility index (Phi) is 5.51. The summed E-state index contributed by atoms with van der Waals surface area (Å²) in [7, 11) is -2.70. The molecule has 2 aromatic carbocycles. The maximum Gasteiger partial charge on any atom is 0.261 e. The number of carbonyl (C=O) groups is 2. The van der Waals surface area contributed by atoms with Gasteiger partial charge in [-0.25, -0.2) is 0 Å². The molecule has 4 N–H and O–H groups in total. The van der Waals surface area contributed by atoms with Crippen molar-refractivity contribution in [3.8, 4) is 0 Å². The Balaban J connectivity index is 1.71. The number of anilines is 2. The minimum atomic E-state index is -2.70. The second-order valence-electron chi connectivity index (χ2n) is 8.91. The normalized spacial score (nSPS) is 27.3. The minimum Gasteiger partial charge on any atom is -0.432 e. The average Bonchev–Trinajstić information content (AvgIpc) is 3.17. The first-order valence-corrected chi connectivity index (χ1v) is 13.5. The Hall–Kier alpha value is -2.52. The number of nitrogens with one attached hydrogen (secondary N) is 2. The molecule has 1 saturated heterocycles. The molecule has 0 bridgehead atoms. The second kappa shape index (κ2) is 7.87. The van der Waals surface area contributed by atoms with Crippen molar-refractivity contribution in [3.05, 3.63) is 59.7 Å². The van der Waals surface area contributed by atoms with Crippen LogP contribution in [0.3, 0.4) is 0 Å². The smallest absolute Gasteiger partial charge is 0.261 e. The molecule has 2 aromatic rings. The SMILES string of the molecule is C[C@H]1[C@H]([Si](C)(C)O)[C@@H](CCO)O[C@]12C(=O)Nc1ccc(NC(=O)c3ccccc3)cc12. The number of hydrogen-bond acceptors (Lipinski definition) is 5. The number of aliphatic hydroxyl groups excluding tert-OH is 1. The first-order chi connectivity index (χ1) is 14.7. The molecule has 2 heterocycles. The number of aliphatic hydroxyl groups is 1. The maximum absolute atomic E-state index is 13.2. The molecule has 2 aliphatic rings. The third-order valence-electron chi connectivity index (χ3n) is 6.45. The van der Waals surface area contributed by atoms with Crippen LogP contribution >= 0.6 is 0 Å². The fraction of sp³-hybridized carbons (Fsp3) is 0.391. The summed E-state index contributed by atoms with van der Waals surface area (Å²) < 4.78 is 6.38. The van der Waals surface area contributed by atoms with Crippen LogP contribution in [-0.2, 0) is 15.1 Å². The van der Waals surface area contributed by atoms with E-state index in [1.165, 1.54) is 0 Å². The molecule has 1 fully saturated rings. The summed E-state index contributed by atoms with van der Waals surface area (Å²) in [6, 6.07) is 14.2. The summed E-state index contributed by atoms with van der Waals surface area (Å²) in [4.78, 5) is 36.7. The van der Waals surface area contributed by atoms with Gasteiger partial charge in [0.05, 0.1) is 6.10 Å². The lowest BCUT2D eigenvalue weighted by Crippen LogP contribution is -2.43. The zero-order chi connectivity index (χ0) is 22.4. The monoisotopic (exact) mass is 440 g/mol. The summed E-state index contributed by atoms with van der Waals surface area (Å²) in [6.45, 7) is 5.52. The van der Waals surface area contributed by atoms with Crippen LogP contribution in [0.25, 0.3) is 0 Å². The van der Waals surface area contributed by atoms with E-state index in [4.69, 9.17) is 4.74 Å². The maximum atomic E-state index is 13.2. The highest BCUT2D eigenvalue weighted by Gasteiger charge is 2.64.